The van der Waals surface area contributed by atoms with Gasteiger partial charge in [0.25, 0.3) is 0 Å². The van der Waals surface area contributed by atoms with Crippen LogP contribution in [-0.4, -0.2) is 29.1 Å². The predicted octanol–water partition coefficient (Wildman–Crippen LogP) is 5.20. The van der Waals surface area contributed by atoms with Crippen LogP contribution in [0.5, 0.6) is 5.75 Å². The minimum atomic E-state index is 0.0674. The summed E-state index contributed by atoms with van der Waals surface area (Å²) in [6, 6.07) is 26.6. The second-order valence-corrected chi connectivity index (χ2v) is 8.31. The third-order valence-electron chi connectivity index (χ3n) is 6.23. The first-order chi connectivity index (χ1) is 15.7. The maximum Gasteiger partial charge on any atom is 0.227 e. The zero-order chi connectivity index (χ0) is 21.9. The van der Waals surface area contributed by atoms with Crippen LogP contribution in [-0.2, 0) is 17.8 Å². The molecule has 1 fully saturated rings. The van der Waals surface area contributed by atoms with Crippen LogP contribution < -0.4 is 9.64 Å². The van der Waals surface area contributed by atoms with Gasteiger partial charge in [-0.25, -0.2) is 4.98 Å². The first-order valence-corrected chi connectivity index (χ1v) is 11.2. The number of hydrogen-bond acceptors (Lipinski definition) is 3. The van der Waals surface area contributed by atoms with Gasteiger partial charge in [0.05, 0.1) is 18.1 Å². The number of carbonyl (C=O) groups excluding carboxylic acids is 1. The lowest BCUT2D eigenvalue weighted by Gasteiger charge is -2.18. The number of rotatable bonds is 7. The topological polar surface area (TPSA) is 47.4 Å². The average Bonchev–Trinajstić information content (AvgIpc) is 3.40. The fraction of sp³-hybridized carbons (Fsp3) is 0.259. The van der Waals surface area contributed by atoms with Crippen molar-refractivity contribution in [3.63, 3.8) is 0 Å². The van der Waals surface area contributed by atoms with Crippen molar-refractivity contribution in [1.82, 2.24) is 9.55 Å². The number of benzene rings is 3. The molecule has 1 atom stereocenters. The summed E-state index contributed by atoms with van der Waals surface area (Å²) in [6.45, 7) is 1.52. The van der Waals surface area contributed by atoms with E-state index >= 15 is 0 Å². The van der Waals surface area contributed by atoms with Crippen molar-refractivity contribution in [2.45, 2.75) is 31.7 Å². The Morgan fingerprint density at radius 3 is 2.66 bits per heavy atom. The molecule has 0 aliphatic carbocycles. The lowest BCUT2D eigenvalue weighted by molar-refractivity contribution is -0.117. The van der Waals surface area contributed by atoms with E-state index in [1.807, 2.05) is 35.2 Å². The van der Waals surface area contributed by atoms with Crippen LogP contribution in [0, 0.1) is 0 Å². The van der Waals surface area contributed by atoms with E-state index in [2.05, 4.69) is 53.1 Å². The number of ether oxygens (including phenoxy) is 1. The van der Waals surface area contributed by atoms with Crippen molar-refractivity contribution in [1.29, 1.82) is 0 Å². The van der Waals surface area contributed by atoms with E-state index in [4.69, 9.17) is 9.72 Å². The van der Waals surface area contributed by atoms with E-state index in [9.17, 15) is 4.79 Å². The number of anilines is 1. The number of amides is 1. The first kappa shape index (κ1) is 20.3. The summed E-state index contributed by atoms with van der Waals surface area (Å²) in [7, 11) is 1.64. The number of aryl methyl sites for hydroxylation is 2. The van der Waals surface area contributed by atoms with E-state index < -0.39 is 0 Å². The second-order valence-electron chi connectivity index (χ2n) is 8.31. The molecule has 0 radical (unpaired) electrons. The van der Waals surface area contributed by atoms with E-state index in [1.165, 1.54) is 5.56 Å². The molecule has 2 heterocycles. The molecule has 162 valence electrons. The zero-order valence-corrected chi connectivity index (χ0v) is 18.3. The molecule has 1 aliphatic rings. The summed E-state index contributed by atoms with van der Waals surface area (Å²) < 4.78 is 7.67. The summed E-state index contributed by atoms with van der Waals surface area (Å²) in [5.74, 6) is 1.97. The summed E-state index contributed by atoms with van der Waals surface area (Å²) in [5, 5.41) is 0. The van der Waals surface area contributed by atoms with Gasteiger partial charge < -0.3 is 14.2 Å². The van der Waals surface area contributed by atoms with Crippen molar-refractivity contribution in [2.75, 3.05) is 18.6 Å². The van der Waals surface area contributed by atoms with Crippen molar-refractivity contribution in [3.8, 4) is 5.75 Å². The number of fused-ring (bicyclic) bond motifs is 1. The van der Waals surface area contributed by atoms with Crippen LogP contribution in [0.3, 0.4) is 0 Å². The van der Waals surface area contributed by atoms with E-state index in [1.54, 1.807) is 7.11 Å². The molecule has 5 heteroatoms. The quantitative estimate of drug-likeness (QED) is 0.409. The molecule has 1 amide bonds. The Morgan fingerprint density at radius 2 is 1.81 bits per heavy atom. The Hall–Kier alpha value is -3.60. The van der Waals surface area contributed by atoms with E-state index in [-0.39, 0.29) is 11.8 Å². The van der Waals surface area contributed by atoms with Crippen LogP contribution >= 0.6 is 0 Å². The number of carbonyl (C=O) groups is 1. The molecule has 4 aromatic rings. The summed E-state index contributed by atoms with van der Waals surface area (Å²) in [4.78, 5) is 19.8. The van der Waals surface area contributed by atoms with Crippen LogP contribution in [0.4, 0.5) is 5.69 Å². The smallest absolute Gasteiger partial charge is 0.227 e. The lowest BCUT2D eigenvalue weighted by atomic mass is 10.1. The predicted molar refractivity (Wildman–Crippen MR) is 127 cm³/mol. The van der Waals surface area contributed by atoms with Gasteiger partial charge in [0.1, 0.15) is 11.6 Å². The van der Waals surface area contributed by atoms with Gasteiger partial charge in [0.15, 0.2) is 0 Å². The summed E-state index contributed by atoms with van der Waals surface area (Å²) in [5.41, 5.74) is 4.36. The fourth-order valence-electron chi connectivity index (χ4n) is 4.64. The lowest BCUT2D eigenvalue weighted by Crippen LogP contribution is -2.24. The van der Waals surface area contributed by atoms with Gasteiger partial charge in [-0.2, -0.15) is 0 Å². The van der Waals surface area contributed by atoms with E-state index in [0.717, 1.165) is 47.7 Å². The van der Waals surface area contributed by atoms with Crippen molar-refractivity contribution >= 4 is 22.6 Å². The normalized spacial score (nSPS) is 16.1. The van der Waals surface area contributed by atoms with Crippen LogP contribution in [0.2, 0.25) is 0 Å². The van der Waals surface area contributed by atoms with Gasteiger partial charge in [-0.1, -0.05) is 48.5 Å². The molecule has 0 N–H and O–H groups in total. The molecule has 0 unspecified atom stereocenters. The van der Waals surface area contributed by atoms with Crippen molar-refractivity contribution in [2.24, 2.45) is 0 Å². The molecular weight excluding hydrogens is 398 g/mol. The van der Waals surface area contributed by atoms with Gasteiger partial charge in [-0.05, 0) is 42.7 Å². The summed E-state index contributed by atoms with van der Waals surface area (Å²) in [6.07, 6.45) is 2.52. The highest BCUT2D eigenvalue weighted by Crippen LogP contribution is 2.34. The van der Waals surface area contributed by atoms with Gasteiger partial charge in [-0.15, -0.1) is 0 Å². The van der Waals surface area contributed by atoms with Gasteiger partial charge in [-0.3, -0.25) is 4.79 Å². The van der Waals surface area contributed by atoms with Crippen molar-refractivity contribution in [3.05, 3.63) is 90.3 Å². The molecule has 32 heavy (non-hydrogen) atoms. The number of imidazole rings is 1. The molecule has 1 aromatic heterocycles. The minimum Gasteiger partial charge on any atom is -0.497 e. The number of para-hydroxylation sites is 2. The zero-order valence-electron chi connectivity index (χ0n) is 18.3. The monoisotopic (exact) mass is 425 g/mol. The minimum absolute atomic E-state index is 0.0674. The van der Waals surface area contributed by atoms with Gasteiger partial charge >= 0.3 is 0 Å². The standard InChI is InChI=1S/C27H27N3O2/c1-32-23-13-7-12-22(18-23)30-19-21(17-26(30)31)27-28-24-14-5-6-15-25(24)29(27)16-8-11-20-9-3-2-4-10-20/h2-7,9-10,12-15,18,21H,8,11,16-17,19H2,1H3/t21-/m0/s1. The second kappa shape index (κ2) is 8.87. The number of nitrogens with zero attached hydrogens (tertiary/aromatic N) is 3. The maximum absolute atomic E-state index is 12.9. The molecule has 0 bridgehead atoms. The molecule has 5 rings (SSSR count). The Kier molecular flexibility index (Phi) is 5.63. The third kappa shape index (κ3) is 3.98. The van der Waals surface area contributed by atoms with E-state index in [0.29, 0.717) is 13.0 Å². The first-order valence-electron chi connectivity index (χ1n) is 11.2. The third-order valence-corrected chi connectivity index (χ3v) is 6.23. The Labute approximate surface area is 188 Å². The van der Waals surface area contributed by atoms with Crippen LogP contribution in [0.15, 0.2) is 78.9 Å². The molecule has 3 aromatic carbocycles. The Morgan fingerprint density at radius 1 is 1.00 bits per heavy atom. The highest BCUT2D eigenvalue weighted by Gasteiger charge is 2.34. The Bertz CT molecular complexity index is 1230. The highest BCUT2D eigenvalue weighted by atomic mass is 16.5. The SMILES string of the molecule is COc1cccc(N2C[C@@H](c3nc4ccccc4n3CCCc3ccccc3)CC2=O)c1. The van der Waals surface area contributed by atoms with Crippen molar-refractivity contribution < 1.29 is 9.53 Å². The molecule has 1 saturated heterocycles. The number of hydrogen-bond donors (Lipinski definition) is 0. The molecule has 0 spiro atoms. The molecule has 0 saturated carbocycles. The number of methoxy groups -OCH3 is 1. The largest absolute Gasteiger partial charge is 0.497 e. The highest BCUT2D eigenvalue weighted by molar-refractivity contribution is 5.96. The Balaban J connectivity index is 1.41. The number of aromatic nitrogens is 2. The molecular formula is C27H27N3O2. The van der Waals surface area contributed by atoms with Gasteiger partial charge in [0.2, 0.25) is 5.91 Å². The van der Waals surface area contributed by atoms with Crippen LogP contribution in [0.25, 0.3) is 11.0 Å². The average molecular weight is 426 g/mol. The molecule has 5 nitrogen and oxygen atoms in total. The fourth-order valence-corrected chi connectivity index (χ4v) is 4.64. The van der Waals surface area contributed by atoms with Gasteiger partial charge in [0, 0.05) is 37.2 Å². The maximum atomic E-state index is 12.9. The van der Waals surface area contributed by atoms with Crippen LogP contribution in [0.1, 0.15) is 30.1 Å². The molecule has 1 aliphatic heterocycles. The summed E-state index contributed by atoms with van der Waals surface area (Å²) >= 11 is 0.